The van der Waals surface area contributed by atoms with E-state index in [-0.39, 0.29) is 18.5 Å². The quantitative estimate of drug-likeness (QED) is 0.554. The first-order chi connectivity index (χ1) is 9.77. The van der Waals surface area contributed by atoms with Crippen LogP contribution in [-0.4, -0.2) is 52.7 Å². The minimum absolute atomic E-state index is 0.0298. The second-order valence-corrected chi connectivity index (χ2v) is 5.74. The van der Waals surface area contributed by atoms with Crippen molar-refractivity contribution in [2.45, 2.75) is 46.6 Å². The lowest BCUT2D eigenvalue weighted by molar-refractivity contribution is -0.144. The summed E-state index contributed by atoms with van der Waals surface area (Å²) in [5, 5.41) is 2.70. The zero-order valence-electron chi connectivity index (χ0n) is 13.0. The van der Waals surface area contributed by atoms with E-state index in [1.807, 2.05) is 27.7 Å². The molecular formula is C14H23N3O4. The van der Waals surface area contributed by atoms with Crippen LogP contribution in [0.3, 0.4) is 0 Å². The molecule has 1 rings (SSSR count). The van der Waals surface area contributed by atoms with Crippen LogP contribution in [0.4, 0.5) is 4.79 Å². The molecule has 118 valence electrons. The van der Waals surface area contributed by atoms with Gasteiger partial charge < -0.3 is 5.32 Å². The van der Waals surface area contributed by atoms with Gasteiger partial charge in [0.15, 0.2) is 0 Å². The Bertz CT molecular complexity index is 448. The summed E-state index contributed by atoms with van der Waals surface area (Å²) in [5.41, 5.74) is 0. The van der Waals surface area contributed by atoms with Crippen molar-refractivity contribution in [1.29, 1.82) is 0 Å². The smallest absolute Gasteiger partial charge is 0.334 e. The predicted molar refractivity (Wildman–Crippen MR) is 76.2 cm³/mol. The van der Waals surface area contributed by atoms with E-state index in [0.717, 1.165) is 17.7 Å². The van der Waals surface area contributed by atoms with Crippen LogP contribution in [0.25, 0.3) is 0 Å². The molecule has 0 aromatic heterocycles. The Morgan fingerprint density at radius 3 is 2.19 bits per heavy atom. The van der Waals surface area contributed by atoms with Crippen LogP contribution in [0, 0.1) is 5.92 Å². The van der Waals surface area contributed by atoms with Gasteiger partial charge in [-0.3, -0.25) is 19.3 Å². The summed E-state index contributed by atoms with van der Waals surface area (Å²) in [4.78, 5) is 49.0. The summed E-state index contributed by atoms with van der Waals surface area (Å²) in [6.07, 6.45) is 1.73. The number of urea groups is 1. The van der Waals surface area contributed by atoms with Gasteiger partial charge in [-0.15, -0.1) is 0 Å². The maximum atomic E-state index is 12.0. The number of nitrogens with zero attached hydrogens (tertiary/aromatic N) is 2. The number of carbonyl (C=O) groups excluding carboxylic acids is 4. The Balaban J connectivity index is 2.67. The van der Waals surface area contributed by atoms with Gasteiger partial charge in [0.25, 0.3) is 0 Å². The third-order valence-electron chi connectivity index (χ3n) is 3.11. The van der Waals surface area contributed by atoms with Crippen molar-refractivity contribution >= 4 is 23.8 Å². The van der Waals surface area contributed by atoms with Crippen LogP contribution in [0.2, 0.25) is 0 Å². The summed E-state index contributed by atoms with van der Waals surface area (Å²) in [5.74, 6) is -2.16. The van der Waals surface area contributed by atoms with Gasteiger partial charge in [-0.05, 0) is 19.3 Å². The zero-order chi connectivity index (χ0) is 16.2. The Morgan fingerprint density at radius 1 is 1.10 bits per heavy atom. The highest BCUT2D eigenvalue weighted by atomic mass is 16.2. The molecule has 1 N–H and O–H groups in total. The van der Waals surface area contributed by atoms with Crippen LogP contribution in [0.5, 0.6) is 0 Å². The summed E-state index contributed by atoms with van der Waals surface area (Å²) in [6.45, 7) is 7.30. The normalized spacial score (nSPS) is 16.9. The summed E-state index contributed by atoms with van der Waals surface area (Å²) in [7, 11) is 0. The van der Waals surface area contributed by atoms with E-state index in [0.29, 0.717) is 4.90 Å². The lowest BCUT2D eigenvalue weighted by atomic mass is 10.2. The molecule has 1 aliphatic heterocycles. The van der Waals surface area contributed by atoms with E-state index in [1.54, 1.807) is 0 Å². The van der Waals surface area contributed by atoms with Gasteiger partial charge in [0.2, 0.25) is 5.91 Å². The Hall–Kier alpha value is -1.92. The van der Waals surface area contributed by atoms with Crippen molar-refractivity contribution in [3.63, 3.8) is 0 Å². The van der Waals surface area contributed by atoms with Gasteiger partial charge in [-0.25, -0.2) is 9.69 Å². The molecule has 0 aliphatic carbocycles. The molecule has 1 fully saturated rings. The summed E-state index contributed by atoms with van der Waals surface area (Å²) >= 11 is 0. The molecule has 0 aromatic rings. The van der Waals surface area contributed by atoms with E-state index >= 15 is 0 Å². The van der Waals surface area contributed by atoms with E-state index in [1.165, 1.54) is 0 Å². The second kappa shape index (κ2) is 7.19. The summed E-state index contributed by atoms with van der Waals surface area (Å²) < 4.78 is 0. The highest BCUT2D eigenvalue weighted by Gasteiger charge is 2.45. The zero-order valence-corrected chi connectivity index (χ0v) is 13.0. The Morgan fingerprint density at radius 2 is 1.67 bits per heavy atom. The molecule has 7 nitrogen and oxygen atoms in total. The van der Waals surface area contributed by atoms with Gasteiger partial charge in [0.05, 0.1) is 0 Å². The fraction of sp³-hybridized carbons (Fsp3) is 0.714. The number of hydrogen-bond acceptors (Lipinski definition) is 4. The van der Waals surface area contributed by atoms with Gasteiger partial charge in [-0.1, -0.05) is 27.2 Å². The first-order valence-electron chi connectivity index (χ1n) is 7.24. The molecule has 21 heavy (non-hydrogen) atoms. The molecule has 1 heterocycles. The lowest BCUT2D eigenvalue weighted by Gasteiger charge is -2.18. The first-order valence-corrected chi connectivity index (χ1v) is 7.24. The van der Waals surface area contributed by atoms with Gasteiger partial charge >= 0.3 is 17.8 Å². The molecule has 0 bridgehead atoms. The average molecular weight is 297 g/mol. The van der Waals surface area contributed by atoms with Crippen LogP contribution in [-0.2, 0) is 14.4 Å². The van der Waals surface area contributed by atoms with Crippen LogP contribution < -0.4 is 5.32 Å². The fourth-order valence-corrected chi connectivity index (χ4v) is 2.19. The highest BCUT2D eigenvalue weighted by molar-refractivity contribution is 6.45. The molecule has 5 amide bonds. The highest BCUT2D eigenvalue weighted by Crippen LogP contribution is 2.13. The van der Waals surface area contributed by atoms with Gasteiger partial charge in [0.1, 0.15) is 6.54 Å². The minimum Gasteiger partial charge on any atom is -0.352 e. The predicted octanol–water partition coefficient (Wildman–Crippen LogP) is 0.738. The lowest BCUT2D eigenvalue weighted by Crippen LogP contribution is -2.44. The molecule has 1 atom stereocenters. The first kappa shape index (κ1) is 17.1. The maximum Gasteiger partial charge on any atom is 0.334 e. The van der Waals surface area contributed by atoms with Crippen molar-refractivity contribution in [3.8, 4) is 0 Å². The standard InChI is InChI=1S/C14H23N3O4/c1-5-6-10(4)15-11(18)8-17-13(20)12(19)16(14(17)21)7-9(2)3/h9-10H,5-8H2,1-4H3,(H,15,18)/t10-/m0/s1. The summed E-state index contributed by atoms with van der Waals surface area (Å²) in [6, 6.07) is -0.741. The van der Waals surface area contributed by atoms with Crippen molar-refractivity contribution in [2.75, 3.05) is 13.1 Å². The molecule has 0 unspecified atom stereocenters. The molecule has 0 aromatic carbocycles. The van der Waals surface area contributed by atoms with E-state index in [4.69, 9.17) is 0 Å². The Labute approximate surface area is 124 Å². The number of carbonyl (C=O) groups is 4. The van der Waals surface area contributed by atoms with E-state index in [9.17, 15) is 19.2 Å². The molecule has 0 radical (unpaired) electrons. The maximum absolute atomic E-state index is 12.0. The third kappa shape index (κ3) is 4.27. The van der Waals surface area contributed by atoms with Crippen LogP contribution >= 0.6 is 0 Å². The molecule has 0 saturated carbocycles. The van der Waals surface area contributed by atoms with Crippen LogP contribution in [0.15, 0.2) is 0 Å². The molecular weight excluding hydrogens is 274 g/mol. The number of hydrogen-bond donors (Lipinski definition) is 1. The SMILES string of the molecule is CCC[C@H](C)NC(=O)CN1C(=O)C(=O)N(CC(C)C)C1=O. The molecule has 1 saturated heterocycles. The van der Waals surface area contributed by atoms with E-state index < -0.39 is 30.3 Å². The second-order valence-electron chi connectivity index (χ2n) is 5.74. The molecule has 1 aliphatic rings. The van der Waals surface area contributed by atoms with Crippen molar-refractivity contribution in [2.24, 2.45) is 5.92 Å². The topological polar surface area (TPSA) is 86.8 Å². The number of imide groups is 2. The molecule has 0 spiro atoms. The van der Waals surface area contributed by atoms with Crippen molar-refractivity contribution in [1.82, 2.24) is 15.1 Å². The van der Waals surface area contributed by atoms with Gasteiger partial charge in [-0.2, -0.15) is 0 Å². The Kier molecular flexibility index (Phi) is 5.87. The van der Waals surface area contributed by atoms with E-state index in [2.05, 4.69) is 5.32 Å². The largest absolute Gasteiger partial charge is 0.352 e. The average Bonchev–Trinajstić information content (AvgIpc) is 2.56. The number of rotatable bonds is 7. The van der Waals surface area contributed by atoms with Crippen molar-refractivity contribution < 1.29 is 19.2 Å². The minimum atomic E-state index is -0.932. The number of nitrogens with one attached hydrogen (secondary N) is 1. The monoisotopic (exact) mass is 297 g/mol. The van der Waals surface area contributed by atoms with Gasteiger partial charge in [0, 0.05) is 12.6 Å². The van der Waals surface area contributed by atoms with Crippen molar-refractivity contribution in [3.05, 3.63) is 0 Å². The van der Waals surface area contributed by atoms with Crippen LogP contribution in [0.1, 0.15) is 40.5 Å². The number of amides is 5. The third-order valence-corrected chi connectivity index (χ3v) is 3.11. The molecule has 7 heteroatoms. The fourth-order valence-electron chi connectivity index (χ4n) is 2.19.